The first-order valence-corrected chi connectivity index (χ1v) is 12.2. The zero-order chi connectivity index (χ0) is 25.8. The van der Waals surface area contributed by atoms with Gasteiger partial charge in [-0.25, -0.2) is 4.39 Å². The fourth-order valence-corrected chi connectivity index (χ4v) is 4.54. The van der Waals surface area contributed by atoms with Gasteiger partial charge in [-0.05, 0) is 60.7 Å². The largest absolute Gasteiger partial charge is 0.438 e. The number of nitrogens with zero attached hydrogens (tertiary/aromatic N) is 3. The van der Waals surface area contributed by atoms with Gasteiger partial charge < -0.3 is 25.3 Å². The van der Waals surface area contributed by atoms with Gasteiger partial charge in [-0.2, -0.15) is 9.97 Å². The lowest BCUT2D eigenvalue weighted by atomic mass is 9.91. The number of aryl methyl sites for hydroxylation is 1. The van der Waals surface area contributed by atoms with E-state index in [0.717, 1.165) is 36.1 Å². The summed E-state index contributed by atoms with van der Waals surface area (Å²) in [7, 11) is 0. The number of likely N-dealkylation sites (tertiary alicyclic amines) is 1. The van der Waals surface area contributed by atoms with Crippen molar-refractivity contribution in [2.75, 3.05) is 36.9 Å². The molecular weight excluding hydrogens is 471 g/mol. The molecule has 8 nitrogen and oxygen atoms in total. The molecule has 190 valence electrons. The maximum Gasteiger partial charge on any atom is 0.247 e. The van der Waals surface area contributed by atoms with E-state index >= 15 is 0 Å². The Morgan fingerprint density at radius 1 is 1.24 bits per heavy atom. The number of amides is 1. The number of carbonyl (C=O) groups excluding carboxylic acids is 1. The second-order valence-electron chi connectivity index (χ2n) is 9.21. The fourth-order valence-electron chi connectivity index (χ4n) is 4.54. The van der Waals surface area contributed by atoms with Crippen LogP contribution in [-0.2, 0) is 11.2 Å². The molecule has 0 spiro atoms. The summed E-state index contributed by atoms with van der Waals surface area (Å²) in [4.78, 5) is 26.1. The van der Waals surface area contributed by atoms with E-state index in [1.165, 1.54) is 11.6 Å². The third-order valence-corrected chi connectivity index (χ3v) is 6.38. The smallest absolute Gasteiger partial charge is 0.247 e. The molecule has 2 aromatic heterocycles. The van der Waals surface area contributed by atoms with Crippen LogP contribution in [0.1, 0.15) is 11.1 Å². The normalized spacial score (nSPS) is 13.8. The Morgan fingerprint density at radius 2 is 2.11 bits per heavy atom. The first-order valence-electron chi connectivity index (χ1n) is 12.2. The van der Waals surface area contributed by atoms with Crippen molar-refractivity contribution in [2.45, 2.75) is 13.3 Å². The summed E-state index contributed by atoms with van der Waals surface area (Å²) >= 11 is 0. The summed E-state index contributed by atoms with van der Waals surface area (Å²) in [5.74, 6) is 1.59. The first-order chi connectivity index (χ1) is 18.0. The molecule has 0 radical (unpaired) electrons. The lowest BCUT2D eigenvalue weighted by molar-refractivity contribution is -0.111. The van der Waals surface area contributed by atoms with Crippen molar-refractivity contribution in [1.29, 1.82) is 0 Å². The predicted octanol–water partition coefficient (Wildman–Crippen LogP) is 5.37. The maximum absolute atomic E-state index is 12.5. The molecule has 3 N–H and O–H groups in total. The van der Waals surface area contributed by atoms with Crippen LogP contribution in [0.4, 0.5) is 21.7 Å². The molecule has 1 aliphatic heterocycles. The van der Waals surface area contributed by atoms with Crippen molar-refractivity contribution in [3.05, 3.63) is 78.5 Å². The Morgan fingerprint density at radius 3 is 2.89 bits per heavy atom. The summed E-state index contributed by atoms with van der Waals surface area (Å²) in [6.07, 6.45) is 3.98. The first kappa shape index (κ1) is 24.5. The van der Waals surface area contributed by atoms with Gasteiger partial charge in [-0.1, -0.05) is 24.8 Å². The number of aromatic nitrogens is 3. The Kier molecular flexibility index (Phi) is 7.14. The average Bonchev–Trinajstić information content (AvgIpc) is 3.34. The highest BCUT2D eigenvalue weighted by Gasteiger charge is 2.26. The van der Waals surface area contributed by atoms with Gasteiger partial charge in [0, 0.05) is 43.3 Å². The number of rotatable bonds is 10. The summed E-state index contributed by atoms with van der Waals surface area (Å²) in [5, 5.41) is 6.78. The van der Waals surface area contributed by atoms with E-state index in [2.05, 4.69) is 56.1 Å². The number of halogens is 1. The second kappa shape index (κ2) is 10.8. The maximum atomic E-state index is 12.5. The summed E-state index contributed by atoms with van der Waals surface area (Å²) in [5.41, 5.74) is 4.48. The summed E-state index contributed by atoms with van der Waals surface area (Å²) in [6.45, 7) is 7.69. The number of nitrogens with one attached hydrogen (secondary N) is 3. The number of alkyl halides is 1. The van der Waals surface area contributed by atoms with E-state index in [-0.39, 0.29) is 12.6 Å². The van der Waals surface area contributed by atoms with Crippen molar-refractivity contribution in [1.82, 2.24) is 19.9 Å². The molecule has 5 rings (SSSR count). The van der Waals surface area contributed by atoms with E-state index in [9.17, 15) is 9.18 Å². The van der Waals surface area contributed by atoms with Gasteiger partial charge in [0.2, 0.25) is 17.7 Å². The quantitative estimate of drug-likeness (QED) is 0.254. The van der Waals surface area contributed by atoms with E-state index in [1.54, 1.807) is 30.5 Å². The molecule has 3 heterocycles. The van der Waals surface area contributed by atoms with Crippen LogP contribution in [0.25, 0.3) is 11.0 Å². The number of anilines is 3. The monoisotopic (exact) mass is 500 g/mol. The zero-order valence-electron chi connectivity index (χ0n) is 20.6. The Balaban J connectivity index is 1.32. The van der Waals surface area contributed by atoms with Crippen LogP contribution in [0.3, 0.4) is 0 Å². The molecule has 1 aliphatic rings. The molecule has 0 saturated carbocycles. The molecular formula is C28H29FN6O2. The molecule has 1 fully saturated rings. The summed E-state index contributed by atoms with van der Waals surface area (Å²) < 4.78 is 18.6. The van der Waals surface area contributed by atoms with Crippen LogP contribution < -0.4 is 15.4 Å². The molecule has 0 unspecified atom stereocenters. The fraction of sp³-hybridized carbons (Fsp3) is 0.250. The average molecular weight is 501 g/mol. The van der Waals surface area contributed by atoms with Crippen LogP contribution in [0.2, 0.25) is 0 Å². The van der Waals surface area contributed by atoms with E-state index in [0.29, 0.717) is 41.4 Å². The van der Waals surface area contributed by atoms with Gasteiger partial charge in [0.1, 0.15) is 18.1 Å². The molecule has 9 heteroatoms. The van der Waals surface area contributed by atoms with Gasteiger partial charge in [-0.3, -0.25) is 4.79 Å². The van der Waals surface area contributed by atoms with Crippen molar-refractivity contribution in [3.8, 4) is 11.6 Å². The number of ether oxygens (including phenoxy) is 1. The number of hydrogen-bond acceptors (Lipinski definition) is 6. The highest BCUT2D eigenvalue weighted by Crippen LogP contribution is 2.31. The Labute approximate surface area is 214 Å². The SMILES string of the molecule is C=CC(=O)Nc1cccc(Oc2nc(Nc3ccc(CC4CN(CCF)C4)cc3C)nc3[nH]ccc23)c1. The van der Waals surface area contributed by atoms with Crippen LogP contribution in [0.5, 0.6) is 11.6 Å². The molecule has 0 aliphatic carbocycles. The molecule has 1 saturated heterocycles. The number of fused-ring (bicyclic) bond motifs is 1. The number of H-pyrrole nitrogens is 1. The van der Waals surface area contributed by atoms with Crippen LogP contribution in [0.15, 0.2) is 67.4 Å². The Hall–Kier alpha value is -4.24. The lowest BCUT2D eigenvalue weighted by Crippen LogP contribution is -2.48. The van der Waals surface area contributed by atoms with Crippen LogP contribution >= 0.6 is 0 Å². The van der Waals surface area contributed by atoms with E-state index in [1.807, 2.05) is 12.1 Å². The zero-order valence-corrected chi connectivity index (χ0v) is 20.6. The molecule has 37 heavy (non-hydrogen) atoms. The standard InChI is InChI=1S/C28H29FN6O2/c1-3-25(36)31-21-5-4-6-22(15-21)37-27-23-9-11-30-26(23)33-28(34-27)32-24-8-7-19(13-18(24)2)14-20-16-35(17-20)12-10-29/h3-9,11,13,15,20H,1,10,12,14,16-17H2,2H3,(H,31,36)(H2,30,32,33,34). The molecule has 1 amide bonds. The number of carbonyl (C=O) groups is 1. The third kappa shape index (κ3) is 5.78. The van der Waals surface area contributed by atoms with Gasteiger partial charge >= 0.3 is 0 Å². The van der Waals surface area contributed by atoms with Crippen molar-refractivity contribution >= 4 is 34.3 Å². The van der Waals surface area contributed by atoms with Crippen LogP contribution in [-0.4, -0.2) is 52.1 Å². The number of aromatic amines is 1. The van der Waals surface area contributed by atoms with Crippen molar-refractivity contribution < 1.29 is 13.9 Å². The molecule has 0 bridgehead atoms. The minimum Gasteiger partial charge on any atom is -0.438 e. The minimum atomic E-state index is -0.299. The lowest BCUT2D eigenvalue weighted by Gasteiger charge is -2.38. The minimum absolute atomic E-state index is 0.282. The topological polar surface area (TPSA) is 95.2 Å². The predicted molar refractivity (Wildman–Crippen MR) is 143 cm³/mol. The van der Waals surface area contributed by atoms with Gasteiger partial charge in [-0.15, -0.1) is 0 Å². The third-order valence-electron chi connectivity index (χ3n) is 6.38. The van der Waals surface area contributed by atoms with Gasteiger partial charge in [0.15, 0.2) is 0 Å². The molecule has 0 atom stereocenters. The summed E-state index contributed by atoms with van der Waals surface area (Å²) in [6, 6.07) is 15.2. The highest BCUT2D eigenvalue weighted by atomic mass is 19.1. The van der Waals surface area contributed by atoms with E-state index < -0.39 is 0 Å². The Bertz CT molecular complexity index is 1430. The molecule has 4 aromatic rings. The van der Waals surface area contributed by atoms with Crippen LogP contribution in [0, 0.1) is 12.8 Å². The molecule has 2 aromatic carbocycles. The number of hydrogen-bond donors (Lipinski definition) is 3. The highest BCUT2D eigenvalue weighted by molar-refractivity contribution is 5.99. The van der Waals surface area contributed by atoms with Gasteiger partial charge in [0.25, 0.3) is 0 Å². The number of benzene rings is 2. The van der Waals surface area contributed by atoms with Crippen molar-refractivity contribution in [3.63, 3.8) is 0 Å². The second-order valence-corrected chi connectivity index (χ2v) is 9.21. The van der Waals surface area contributed by atoms with Gasteiger partial charge in [0.05, 0.1) is 5.39 Å². The van der Waals surface area contributed by atoms with Crippen molar-refractivity contribution in [2.24, 2.45) is 5.92 Å². The van der Waals surface area contributed by atoms with E-state index in [4.69, 9.17) is 4.74 Å².